The Morgan fingerprint density at radius 2 is 2.00 bits per heavy atom. The first-order valence-corrected chi connectivity index (χ1v) is 6.51. The molecule has 2 N–H and O–H groups in total. The van der Waals surface area contributed by atoms with Crippen molar-refractivity contribution in [2.24, 2.45) is 5.41 Å². The van der Waals surface area contributed by atoms with Gasteiger partial charge >= 0.3 is 5.97 Å². The van der Waals surface area contributed by atoms with Gasteiger partial charge in [0, 0.05) is 0 Å². The van der Waals surface area contributed by atoms with Crippen LogP contribution in [0.25, 0.3) is 0 Å². The molecule has 1 unspecified atom stereocenters. The molecule has 19 heavy (non-hydrogen) atoms. The standard InChI is InChI=1S/C15H20O4/c1-9(2)11-8-10(4-5-12(11)19-3)13(16)15(6-7-15)14(17)18/h4-5,8-9,13,16H,6-7H2,1-3H3,(H,17,18). The van der Waals surface area contributed by atoms with E-state index in [0.29, 0.717) is 18.4 Å². The van der Waals surface area contributed by atoms with Crippen LogP contribution in [-0.4, -0.2) is 23.3 Å². The summed E-state index contributed by atoms with van der Waals surface area (Å²) < 4.78 is 5.29. The number of carboxylic acid groups (broad SMARTS) is 1. The molecule has 1 aromatic rings. The highest BCUT2D eigenvalue weighted by Crippen LogP contribution is 2.55. The fourth-order valence-electron chi connectivity index (χ4n) is 2.43. The molecule has 1 atom stereocenters. The average molecular weight is 264 g/mol. The van der Waals surface area contributed by atoms with Crippen molar-refractivity contribution in [3.05, 3.63) is 29.3 Å². The fourth-order valence-corrected chi connectivity index (χ4v) is 2.43. The first-order valence-electron chi connectivity index (χ1n) is 6.51. The number of carbonyl (C=O) groups is 1. The summed E-state index contributed by atoms with van der Waals surface area (Å²) in [4.78, 5) is 11.3. The summed E-state index contributed by atoms with van der Waals surface area (Å²) in [5.41, 5.74) is 0.660. The van der Waals surface area contributed by atoms with Gasteiger partial charge in [-0.05, 0) is 42.0 Å². The maximum absolute atomic E-state index is 11.3. The van der Waals surface area contributed by atoms with Gasteiger partial charge in [-0.1, -0.05) is 19.9 Å². The summed E-state index contributed by atoms with van der Waals surface area (Å²) in [5.74, 6) is 0.107. The average Bonchev–Trinajstić information content (AvgIpc) is 3.18. The maximum Gasteiger partial charge on any atom is 0.312 e. The molecule has 1 fully saturated rings. The molecule has 0 aliphatic heterocycles. The Hall–Kier alpha value is -1.55. The van der Waals surface area contributed by atoms with Crippen molar-refractivity contribution >= 4 is 5.97 Å². The van der Waals surface area contributed by atoms with Crippen molar-refractivity contribution in [1.29, 1.82) is 0 Å². The zero-order valence-corrected chi connectivity index (χ0v) is 11.5. The quantitative estimate of drug-likeness (QED) is 0.858. The van der Waals surface area contributed by atoms with Crippen molar-refractivity contribution in [1.82, 2.24) is 0 Å². The number of ether oxygens (including phenoxy) is 1. The SMILES string of the molecule is COc1ccc(C(O)C2(C(=O)O)CC2)cc1C(C)C. The molecule has 104 valence electrons. The van der Waals surface area contributed by atoms with Crippen molar-refractivity contribution in [3.63, 3.8) is 0 Å². The van der Waals surface area contributed by atoms with Gasteiger partial charge in [0.1, 0.15) is 5.75 Å². The first-order chi connectivity index (χ1) is 8.92. The Kier molecular flexibility index (Phi) is 3.54. The van der Waals surface area contributed by atoms with Gasteiger partial charge in [-0.3, -0.25) is 4.79 Å². The van der Waals surface area contributed by atoms with Gasteiger partial charge in [-0.15, -0.1) is 0 Å². The second-order valence-electron chi connectivity index (χ2n) is 5.52. The Bertz CT molecular complexity index is 489. The summed E-state index contributed by atoms with van der Waals surface area (Å²) in [6, 6.07) is 5.40. The van der Waals surface area contributed by atoms with Crippen LogP contribution in [0.5, 0.6) is 5.75 Å². The van der Waals surface area contributed by atoms with E-state index < -0.39 is 17.5 Å². The number of hydrogen-bond donors (Lipinski definition) is 2. The minimum atomic E-state index is -0.983. The number of hydrogen-bond acceptors (Lipinski definition) is 3. The van der Waals surface area contributed by atoms with Crippen molar-refractivity contribution in [2.45, 2.75) is 38.7 Å². The Morgan fingerprint density at radius 1 is 1.37 bits per heavy atom. The van der Waals surface area contributed by atoms with Crippen LogP contribution in [0.15, 0.2) is 18.2 Å². The largest absolute Gasteiger partial charge is 0.496 e. The van der Waals surface area contributed by atoms with Crippen LogP contribution in [0, 0.1) is 5.41 Å². The molecule has 0 aromatic heterocycles. The predicted molar refractivity (Wildman–Crippen MR) is 71.3 cm³/mol. The fraction of sp³-hybridized carbons (Fsp3) is 0.533. The van der Waals surface area contributed by atoms with E-state index in [1.54, 1.807) is 19.2 Å². The van der Waals surface area contributed by atoms with Gasteiger partial charge in [0.25, 0.3) is 0 Å². The molecule has 0 amide bonds. The van der Waals surface area contributed by atoms with Crippen LogP contribution in [0.4, 0.5) is 0 Å². The molecule has 0 heterocycles. The van der Waals surface area contributed by atoms with Crippen LogP contribution in [-0.2, 0) is 4.79 Å². The van der Waals surface area contributed by atoms with E-state index in [1.807, 2.05) is 19.9 Å². The van der Waals surface area contributed by atoms with Crippen molar-refractivity contribution < 1.29 is 19.7 Å². The molecular formula is C15H20O4. The van der Waals surface area contributed by atoms with Crippen LogP contribution >= 0.6 is 0 Å². The number of rotatable bonds is 5. The molecule has 4 heteroatoms. The lowest BCUT2D eigenvalue weighted by Crippen LogP contribution is -2.23. The third-order valence-corrected chi connectivity index (χ3v) is 3.93. The molecule has 0 spiro atoms. The third kappa shape index (κ3) is 2.32. The monoisotopic (exact) mass is 264 g/mol. The number of carboxylic acids is 1. The summed E-state index contributed by atoms with van der Waals surface area (Å²) in [7, 11) is 1.61. The summed E-state index contributed by atoms with van der Waals surface area (Å²) in [6.07, 6.45) is 0.118. The van der Waals surface area contributed by atoms with Crippen molar-refractivity contribution in [3.8, 4) is 5.75 Å². The topological polar surface area (TPSA) is 66.8 Å². The van der Waals surface area contributed by atoms with E-state index in [4.69, 9.17) is 4.74 Å². The lowest BCUT2D eigenvalue weighted by atomic mass is 9.90. The van der Waals surface area contributed by atoms with Crippen molar-refractivity contribution in [2.75, 3.05) is 7.11 Å². The van der Waals surface area contributed by atoms with E-state index in [1.165, 1.54) is 0 Å². The van der Waals surface area contributed by atoms with Crippen LogP contribution in [0.2, 0.25) is 0 Å². The summed E-state index contributed by atoms with van der Waals surface area (Å²) in [6.45, 7) is 4.08. The Morgan fingerprint density at radius 3 is 2.42 bits per heavy atom. The highest BCUT2D eigenvalue weighted by Gasteiger charge is 2.56. The number of aliphatic carboxylic acids is 1. The molecule has 1 saturated carbocycles. The normalized spacial score (nSPS) is 18.2. The number of aliphatic hydroxyl groups is 1. The smallest absolute Gasteiger partial charge is 0.312 e. The van der Waals surface area contributed by atoms with Gasteiger partial charge < -0.3 is 14.9 Å². The molecule has 0 bridgehead atoms. The molecule has 1 aliphatic carbocycles. The Labute approximate surface area is 113 Å². The van der Waals surface area contributed by atoms with E-state index >= 15 is 0 Å². The molecule has 0 saturated heterocycles. The maximum atomic E-state index is 11.3. The number of methoxy groups -OCH3 is 1. The molecule has 2 rings (SSSR count). The van der Waals surface area contributed by atoms with Crippen LogP contribution < -0.4 is 4.74 Å². The lowest BCUT2D eigenvalue weighted by molar-refractivity contribution is -0.148. The second-order valence-corrected chi connectivity index (χ2v) is 5.52. The van der Waals surface area contributed by atoms with Crippen LogP contribution in [0.1, 0.15) is 49.8 Å². The number of aliphatic hydroxyl groups excluding tert-OH is 1. The van der Waals surface area contributed by atoms with E-state index in [-0.39, 0.29) is 5.92 Å². The van der Waals surface area contributed by atoms with Crippen LogP contribution in [0.3, 0.4) is 0 Å². The van der Waals surface area contributed by atoms with E-state index in [9.17, 15) is 15.0 Å². The minimum Gasteiger partial charge on any atom is -0.496 e. The van der Waals surface area contributed by atoms with E-state index in [0.717, 1.165) is 11.3 Å². The highest BCUT2D eigenvalue weighted by molar-refractivity contribution is 5.79. The van der Waals surface area contributed by atoms with Gasteiger partial charge in [0.05, 0.1) is 18.6 Å². The molecule has 1 aliphatic rings. The molecule has 1 aromatic carbocycles. The summed E-state index contributed by atoms with van der Waals surface area (Å²) >= 11 is 0. The minimum absolute atomic E-state index is 0.252. The summed E-state index contributed by atoms with van der Waals surface area (Å²) in [5, 5.41) is 19.6. The third-order valence-electron chi connectivity index (χ3n) is 3.93. The molecular weight excluding hydrogens is 244 g/mol. The van der Waals surface area contributed by atoms with Gasteiger partial charge in [0.15, 0.2) is 0 Å². The zero-order chi connectivity index (χ0) is 14.2. The van der Waals surface area contributed by atoms with E-state index in [2.05, 4.69) is 0 Å². The Balaban J connectivity index is 2.36. The number of benzene rings is 1. The lowest BCUT2D eigenvalue weighted by Gasteiger charge is -2.21. The zero-order valence-electron chi connectivity index (χ0n) is 11.5. The highest BCUT2D eigenvalue weighted by atomic mass is 16.5. The molecule has 0 radical (unpaired) electrons. The predicted octanol–water partition coefficient (Wildman–Crippen LogP) is 2.72. The van der Waals surface area contributed by atoms with Gasteiger partial charge in [-0.2, -0.15) is 0 Å². The van der Waals surface area contributed by atoms with Gasteiger partial charge in [-0.25, -0.2) is 0 Å². The molecule has 4 nitrogen and oxygen atoms in total. The van der Waals surface area contributed by atoms with Gasteiger partial charge in [0.2, 0.25) is 0 Å². The first kappa shape index (κ1) is 13.9. The second kappa shape index (κ2) is 4.85.